The molecule has 0 aliphatic heterocycles. The fourth-order valence-corrected chi connectivity index (χ4v) is 1.21. The molecule has 0 spiro atoms. The Bertz CT molecular complexity index is 327. The summed E-state index contributed by atoms with van der Waals surface area (Å²) >= 11 is 0. The molecular weight excluding hydrogens is 253 g/mol. The van der Waals surface area contributed by atoms with Crippen LogP contribution in [0.1, 0.15) is 6.42 Å². The SMILES string of the molecule is NS(=O)(=O)CCCNC(=O)OCC(F)(F)F. The highest BCUT2D eigenvalue weighted by Gasteiger charge is 2.29. The predicted molar refractivity (Wildman–Crippen MR) is 48.0 cm³/mol. The van der Waals surface area contributed by atoms with E-state index in [1.807, 2.05) is 5.32 Å². The Morgan fingerprint density at radius 1 is 1.38 bits per heavy atom. The van der Waals surface area contributed by atoms with Gasteiger partial charge in [-0.15, -0.1) is 0 Å². The average molecular weight is 264 g/mol. The first kappa shape index (κ1) is 15.0. The highest BCUT2D eigenvalue weighted by Crippen LogP contribution is 2.14. The van der Waals surface area contributed by atoms with Crippen molar-refractivity contribution >= 4 is 16.1 Å². The summed E-state index contributed by atoms with van der Waals surface area (Å²) in [5.41, 5.74) is 0. The molecule has 3 N–H and O–H groups in total. The van der Waals surface area contributed by atoms with Crippen LogP contribution in [0.15, 0.2) is 0 Å². The summed E-state index contributed by atoms with van der Waals surface area (Å²) < 4.78 is 59.3. The first-order valence-corrected chi connectivity index (χ1v) is 5.79. The lowest BCUT2D eigenvalue weighted by atomic mass is 10.5. The Hall–Kier alpha value is -1.03. The zero-order valence-electron chi connectivity index (χ0n) is 8.08. The highest BCUT2D eigenvalue weighted by atomic mass is 32.2. The molecular formula is C6H11F3N2O4S. The third kappa shape index (κ3) is 11.0. The Labute approximate surface area is 90.0 Å². The van der Waals surface area contributed by atoms with Gasteiger partial charge in [0.05, 0.1) is 5.75 Å². The van der Waals surface area contributed by atoms with Crippen molar-refractivity contribution in [1.29, 1.82) is 0 Å². The molecule has 16 heavy (non-hydrogen) atoms. The number of rotatable bonds is 5. The first-order valence-electron chi connectivity index (χ1n) is 4.08. The second kappa shape index (κ2) is 5.89. The molecule has 0 aromatic heterocycles. The van der Waals surface area contributed by atoms with E-state index in [0.29, 0.717) is 0 Å². The van der Waals surface area contributed by atoms with Crippen molar-refractivity contribution in [3.05, 3.63) is 0 Å². The molecule has 0 fully saturated rings. The minimum absolute atomic E-state index is 0.0000484. The zero-order chi connectivity index (χ0) is 12.8. The lowest BCUT2D eigenvalue weighted by molar-refractivity contribution is -0.160. The Balaban J connectivity index is 3.60. The number of nitrogens with one attached hydrogen (secondary N) is 1. The molecule has 10 heteroatoms. The molecule has 6 nitrogen and oxygen atoms in total. The fourth-order valence-electron chi connectivity index (χ4n) is 0.662. The molecule has 0 saturated heterocycles. The van der Waals surface area contributed by atoms with Gasteiger partial charge < -0.3 is 10.1 Å². The van der Waals surface area contributed by atoms with Gasteiger partial charge in [-0.25, -0.2) is 18.4 Å². The zero-order valence-corrected chi connectivity index (χ0v) is 8.90. The molecule has 0 aliphatic rings. The molecule has 0 heterocycles. The van der Waals surface area contributed by atoms with Crippen LogP contribution in [-0.2, 0) is 14.8 Å². The number of hydrogen-bond acceptors (Lipinski definition) is 4. The van der Waals surface area contributed by atoms with Gasteiger partial charge in [-0.3, -0.25) is 0 Å². The van der Waals surface area contributed by atoms with Crippen LogP contribution >= 0.6 is 0 Å². The second-order valence-electron chi connectivity index (χ2n) is 2.84. The van der Waals surface area contributed by atoms with E-state index in [0.717, 1.165) is 0 Å². The van der Waals surface area contributed by atoms with E-state index >= 15 is 0 Å². The minimum atomic E-state index is -4.59. The predicted octanol–water partition coefficient (Wildman–Crippen LogP) is -0.0465. The van der Waals surface area contributed by atoms with Crippen LogP contribution in [0.2, 0.25) is 0 Å². The molecule has 96 valence electrons. The van der Waals surface area contributed by atoms with Crippen LogP contribution in [0.3, 0.4) is 0 Å². The van der Waals surface area contributed by atoms with E-state index in [1.165, 1.54) is 0 Å². The number of alkyl carbamates (subject to hydrolysis) is 1. The largest absolute Gasteiger partial charge is 0.440 e. The van der Waals surface area contributed by atoms with Gasteiger partial charge in [-0.1, -0.05) is 0 Å². The van der Waals surface area contributed by atoms with Crippen molar-refractivity contribution in [2.24, 2.45) is 5.14 Å². The van der Waals surface area contributed by atoms with Crippen molar-refractivity contribution in [2.45, 2.75) is 12.6 Å². The molecule has 0 saturated carbocycles. The van der Waals surface area contributed by atoms with Gasteiger partial charge in [0.2, 0.25) is 10.0 Å². The van der Waals surface area contributed by atoms with Crippen molar-refractivity contribution in [2.75, 3.05) is 18.9 Å². The third-order valence-corrected chi connectivity index (χ3v) is 2.10. The number of alkyl halides is 3. The van der Waals surface area contributed by atoms with Crippen molar-refractivity contribution in [3.63, 3.8) is 0 Å². The van der Waals surface area contributed by atoms with Crippen LogP contribution in [0.4, 0.5) is 18.0 Å². The number of carbonyl (C=O) groups is 1. The van der Waals surface area contributed by atoms with E-state index in [1.54, 1.807) is 0 Å². The van der Waals surface area contributed by atoms with Crippen LogP contribution in [0.25, 0.3) is 0 Å². The molecule has 0 radical (unpaired) electrons. The maximum Gasteiger partial charge on any atom is 0.422 e. The van der Waals surface area contributed by atoms with Gasteiger partial charge in [0, 0.05) is 6.54 Å². The Morgan fingerprint density at radius 3 is 2.38 bits per heavy atom. The number of halogens is 3. The van der Waals surface area contributed by atoms with Crippen molar-refractivity contribution in [1.82, 2.24) is 5.32 Å². The fraction of sp³-hybridized carbons (Fsp3) is 0.833. The molecule has 1 amide bonds. The monoisotopic (exact) mass is 264 g/mol. The second-order valence-corrected chi connectivity index (χ2v) is 4.57. The maximum absolute atomic E-state index is 11.6. The van der Waals surface area contributed by atoms with Gasteiger partial charge in [-0.2, -0.15) is 13.2 Å². The number of amides is 1. The summed E-state index contributed by atoms with van der Waals surface area (Å²) in [6, 6.07) is 0. The number of carbonyl (C=O) groups excluding carboxylic acids is 1. The van der Waals surface area contributed by atoms with Gasteiger partial charge in [0.15, 0.2) is 6.61 Å². The van der Waals surface area contributed by atoms with Crippen LogP contribution in [0, 0.1) is 0 Å². The van der Waals surface area contributed by atoms with Gasteiger partial charge in [0.25, 0.3) is 0 Å². The Kier molecular flexibility index (Phi) is 5.51. The van der Waals surface area contributed by atoms with E-state index < -0.39 is 28.9 Å². The topological polar surface area (TPSA) is 98.5 Å². The molecule has 0 unspecified atom stereocenters. The maximum atomic E-state index is 11.6. The Morgan fingerprint density at radius 2 is 1.94 bits per heavy atom. The summed E-state index contributed by atoms with van der Waals surface area (Å²) in [6.07, 6.45) is -5.84. The number of sulfonamides is 1. The smallest absolute Gasteiger partial charge is 0.422 e. The summed E-state index contributed by atoms with van der Waals surface area (Å²) in [5, 5.41) is 6.59. The lowest BCUT2D eigenvalue weighted by Gasteiger charge is -2.08. The number of hydrogen-bond donors (Lipinski definition) is 2. The number of ether oxygens (including phenoxy) is 1. The van der Waals surface area contributed by atoms with Gasteiger partial charge in [0.1, 0.15) is 0 Å². The molecule has 0 aromatic carbocycles. The summed E-state index contributed by atoms with van der Waals surface area (Å²) in [6.45, 7) is -1.82. The normalized spacial score (nSPS) is 12.2. The third-order valence-electron chi connectivity index (χ3n) is 1.24. The van der Waals surface area contributed by atoms with E-state index in [2.05, 4.69) is 9.88 Å². The molecule has 0 rings (SSSR count). The standard InChI is InChI=1S/C6H11F3N2O4S/c7-6(8,9)4-15-5(12)11-2-1-3-16(10,13)14/h1-4H2,(H,11,12)(H2,10,13,14). The van der Waals surface area contributed by atoms with E-state index in [9.17, 15) is 26.4 Å². The summed E-state index contributed by atoms with van der Waals surface area (Å²) in [4.78, 5) is 10.6. The van der Waals surface area contributed by atoms with E-state index in [-0.39, 0.29) is 18.7 Å². The van der Waals surface area contributed by atoms with Crippen LogP contribution in [-0.4, -0.2) is 39.6 Å². The lowest BCUT2D eigenvalue weighted by Crippen LogP contribution is -2.30. The quantitative estimate of drug-likeness (QED) is 0.680. The summed E-state index contributed by atoms with van der Waals surface area (Å²) in [5.74, 6) is -0.369. The van der Waals surface area contributed by atoms with Crippen molar-refractivity contribution < 1.29 is 31.1 Å². The van der Waals surface area contributed by atoms with Gasteiger partial charge in [-0.05, 0) is 6.42 Å². The summed E-state index contributed by atoms with van der Waals surface area (Å²) in [7, 11) is -3.63. The molecule has 0 aromatic rings. The van der Waals surface area contributed by atoms with Crippen molar-refractivity contribution in [3.8, 4) is 0 Å². The minimum Gasteiger partial charge on any atom is -0.440 e. The molecule has 0 bridgehead atoms. The molecule has 0 atom stereocenters. The highest BCUT2D eigenvalue weighted by molar-refractivity contribution is 7.89. The first-order chi connectivity index (χ1) is 7.10. The van der Waals surface area contributed by atoms with Gasteiger partial charge >= 0.3 is 12.3 Å². The number of primary sulfonamides is 1. The van der Waals surface area contributed by atoms with Crippen LogP contribution < -0.4 is 10.5 Å². The number of nitrogens with two attached hydrogens (primary N) is 1. The van der Waals surface area contributed by atoms with Crippen LogP contribution in [0.5, 0.6) is 0 Å². The average Bonchev–Trinajstić information content (AvgIpc) is 2.06. The van der Waals surface area contributed by atoms with E-state index in [4.69, 9.17) is 0 Å². The molecule has 0 aliphatic carbocycles.